The zero-order valence-corrected chi connectivity index (χ0v) is 14.3. The lowest BCUT2D eigenvalue weighted by Gasteiger charge is -2.21. The standard InChI is InChI=1S/C14H23Cl2FN2O4/c1-23-6-9(21)5-10(22)12(17)11(13(15)18)14(16)19-7-2-3-8(20)4-7/h7-10,12,20-22H,2-6,18H2,1H3/b13-11-,19-14+/t7?,8-,9-,10+,12?/m0/s1. The van der Waals surface area contributed by atoms with Crippen LogP contribution in [0.4, 0.5) is 4.39 Å². The highest BCUT2D eigenvalue weighted by atomic mass is 35.5. The average Bonchev–Trinajstić information content (AvgIpc) is 2.83. The van der Waals surface area contributed by atoms with Crippen LogP contribution >= 0.6 is 23.2 Å². The van der Waals surface area contributed by atoms with E-state index < -0.39 is 29.6 Å². The van der Waals surface area contributed by atoms with Crippen LogP contribution in [0.5, 0.6) is 0 Å². The number of alkyl halides is 1. The second-order valence-corrected chi connectivity index (χ2v) is 6.38. The highest BCUT2D eigenvalue weighted by Gasteiger charge is 2.31. The molecule has 1 aliphatic rings. The van der Waals surface area contributed by atoms with Crippen molar-refractivity contribution in [1.82, 2.24) is 0 Å². The van der Waals surface area contributed by atoms with E-state index in [1.807, 2.05) is 0 Å². The van der Waals surface area contributed by atoms with Crippen molar-refractivity contribution in [1.29, 1.82) is 0 Å². The number of methoxy groups -OCH3 is 1. The molecule has 134 valence electrons. The predicted molar refractivity (Wildman–Crippen MR) is 87.4 cm³/mol. The first-order chi connectivity index (χ1) is 10.8. The summed E-state index contributed by atoms with van der Waals surface area (Å²) in [6.45, 7) is -0.0407. The lowest BCUT2D eigenvalue weighted by atomic mass is 10.0. The van der Waals surface area contributed by atoms with Crippen LogP contribution in [-0.2, 0) is 4.74 Å². The fraction of sp³-hybridized carbons (Fsp3) is 0.786. The fourth-order valence-corrected chi connectivity index (χ4v) is 3.06. The van der Waals surface area contributed by atoms with E-state index in [0.29, 0.717) is 19.3 Å². The highest BCUT2D eigenvalue weighted by Crippen LogP contribution is 2.26. The summed E-state index contributed by atoms with van der Waals surface area (Å²) in [5.41, 5.74) is 5.15. The highest BCUT2D eigenvalue weighted by molar-refractivity contribution is 6.70. The molecule has 2 unspecified atom stereocenters. The van der Waals surface area contributed by atoms with Gasteiger partial charge in [0.25, 0.3) is 0 Å². The Balaban J connectivity index is 2.81. The Bertz CT molecular complexity index is 446. The number of aliphatic imine (C=N–C) groups is 1. The first-order valence-electron chi connectivity index (χ1n) is 7.32. The van der Waals surface area contributed by atoms with Crippen LogP contribution in [-0.4, -0.2) is 64.7 Å². The Morgan fingerprint density at radius 3 is 2.52 bits per heavy atom. The van der Waals surface area contributed by atoms with Gasteiger partial charge in [0.15, 0.2) is 6.17 Å². The molecule has 5 atom stereocenters. The largest absolute Gasteiger partial charge is 0.393 e. The van der Waals surface area contributed by atoms with Crippen molar-refractivity contribution >= 4 is 28.4 Å². The molecule has 0 bridgehead atoms. The molecule has 0 spiro atoms. The summed E-state index contributed by atoms with van der Waals surface area (Å²) in [5.74, 6) is 0. The average molecular weight is 373 g/mol. The van der Waals surface area contributed by atoms with E-state index in [1.54, 1.807) is 0 Å². The zero-order chi connectivity index (χ0) is 17.6. The summed E-state index contributed by atoms with van der Waals surface area (Å²) >= 11 is 11.7. The van der Waals surface area contributed by atoms with Crippen molar-refractivity contribution in [3.63, 3.8) is 0 Å². The number of aliphatic hydroxyl groups excluding tert-OH is 3. The van der Waals surface area contributed by atoms with E-state index in [-0.39, 0.29) is 29.8 Å². The van der Waals surface area contributed by atoms with Gasteiger partial charge in [-0.3, -0.25) is 4.99 Å². The maximum absolute atomic E-state index is 14.5. The van der Waals surface area contributed by atoms with Gasteiger partial charge in [0.1, 0.15) is 10.3 Å². The molecule has 1 fully saturated rings. The second kappa shape index (κ2) is 9.76. The van der Waals surface area contributed by atoms with E-state index in [2.05, 4.69) is 4.99 Å². The Morgan fingerprint density at radius 2 is 2.04 bits per heavy atom. The van der Waals surface area contributed by atoms with Gasteiger partial charge in [-0.15, -0.1) is 0 Å². The van der Waals surface area contributed by atoms with E-state index in [4.69, 9.17) is 33.7 Å². The number of aliphatic hydroxyl groups is 3. The maximum Gasteiger partial charge on any atom is 0.157 e. The molecule has 1 rings (SSSR count). The van der Waals surface area contributed by atoms with E-state index >= 15 is 0 Å². The molecule has 5 N–H and O–H groups in total. The third-order valence-corrected chi connectivity index (χ3v) is 4.14. The SMILES string of the molecule is COC[C@@H](O)C[C@@H](O)C(F)C(/C(Cl)=N\C1CC[C@H](O)C1)=C(/N)Cl. The Kier molecular flexibility index (Phi) is 8.74. The molecule has 0 radical (unpaired) electrons. The van der Waals surface area contributed by atoms with Gasteiger partial charge < -0.3 is 25.8 Å². The summed E-state index contributed by atoms with van der Waals surface area (Å²) in [7, 11) is 1.38. The van der Waals surface area contributed by atoms with Crippen LogP contribution in [0.1, 0.15) is 25.7 Å². The van der Waals surface area contributed by atoms with Crippen LogP contribution in [0.3, 0.4) is 0 Å². The topological polar surface area (TPSA) is 108 Å². The Morgan fingerprint density at radius 1 is 1.39 bits per heavy atom. The number of nitrogens with two attached hydrogens (primary N) is 1. The molecular weight excluding hydrogens is 350 g/mol. The van der Waals surface area contributed by atoms with Gasteiger partial charge in [0.2, 0.25) is 0 Å². The first-order valence-corrected chi connectivity index (χ1v) is 8.07. The molecule has 0 aromatic rings. The summed E-state index contributed by atoms with van der Waals surface area (Å²) in [5, 5.41) is 28.3. The molecule has 0 saturated heterocycles. The van der Waals surface area contributed by atoms with Crippen molar-refractivity contribution in [3.8, 4) is 0 Å². The van der Waals surface area contributed by atoms with Gasteiger partial charge in [-0.2, -0.15) is 0 Å². The number of rotatable bonds is 8. The molecule has 0 aliphatic heterocycles. The first kappa shape index (κ1) is 20.6. The number of ether oxygens (including phenoxy) is 1. The second-order valence-electron chi connectivity index (χ2n) is 5.62. The lowest BCUT2D eigenvalue weighted by Crippen LogP contribution is -2.33. The van der Waals surface area contributed by atoms with Crippen molar-refractivity contribution in [2.75, 3.05) is 13.7 Å². The Labute approximate surface area is 144 Å². The molecule has 9 heteroatoms. The van der Waals surface area contributed by atoms with Crippen molar-refractivity contribution < 1.29 is 24.4 Å². The molecule has 0 aromatic carbocycles. The van der Waals surface area contributed by atoms with Crippen LogP contribution in [0.15, 0.2) is 15.7 Å². The lowest BCUT2D eigenvalue weighted by molar-refractivity contribution is 0.00563. The van der Waals surface area contributed by atoms with Crippen molar-refractivity contribution in [2.45, 2.75) is 56.2 Å². The smallest absolute Gasteiger partial charge is 0.157 e. The molecule has 1 saturated carbocycles. The van der Waals surface area contributed by atoms with E-state index in [1.165, 1.54) is 7.11 Å². The molecule has 0 heterocycles. The van der Waals surface area contributed by atoms with Gasteiger partial charge in [-0.25, -0.2) is 4.39 Å². The minimum atomic E-state index is -2.00. The summed E-state index contributed by atoms with van der Waals surface area (Å²) in [4.78, 5) is 4.13. The molecule has 6 nitrogen and oxygen atoms in total. The zero-order valence-electron chi connectivity index (χ0n) is 12.8. The molecule has 0 aromatic heterocycles. The van der Waals surface area contributed by atoms with Crippen molar-refractivity contribution in [3.05, 3.63) is 10.7 Å². The minimum absolute atomic E-state index is 0.0407. The number of halogens is 3. The van der Waals surface area contributed by atoms with Gasteiger partial charge in [-0.05, 0) is 19.3 Å². The van der Waals surface area contributed by atoms with Crippen LogP contribution in [0, 0.1) is 0 Å². The molecule has 23 heavy (non-hydrogen) atoms. The van der Waals surface area contributed by atoms with Crippen molar-refractivity contribution in [2.24, 2.45) is 10.7 Å². The minimum Gasteiger partial charge on any atom is -0.393 e. The number of hydrogen-bond donors (Lipinski definition) is 4. The summed E-state index contributed by atoms with van der Waals surface area (Å²) in [6, 6.07) is -0.244. The maximum atomic E-state index is 14.5. The van der Waals surface area contributed by atoms with Gasteiger partial charge >= 0.3 is 0 Å². The van der Waals surface area contributed by atoms with E-state index in [9.17, 15) is 19.7 Å². The summed E-state index contributed by atoms with van der Waals surface area (Å²) < 4.78 is 19.2. The fourth-order valence-electron chi connectivity index (χ4n) is 2.48. The number of hydrogen-bond acceptors (Lipinski definition) is 6. The molecule has 0 amide bonds. The quantitative estimate of drug-likeness (QED) is 0.376. The third-order valence-electron chi connectivity index (χ3n) is 3.64. The Hall–Kier alpha value is -0.440. The predicted octanol–water partition coefficient (Wildman–Crippen LogP) is 1.04. The van der Waals surface area contributed by atoms with Gasteiger partial charge in [-0.1, -0.05) is 23.2 Å². The molecular formula is C14H23Cl2FN2O4. The van der Waals surface area contributed by atoms with Crippen LogP contribution < -0.4 is 5.73 Å². The molecule has 1 aliphatic carbocycles. The van der Waals surface area contributed by atoms with Gasteiger partial charge in [0, 0.05) is 13.5 Å². The third kappa shape index (κ3) is 6.52. The van der Waals surface area contributed by atoms with E-state index in [0.717, 1.165) is 0 Å². The normalized spacial score (nSPS) is 27.5. The summed E-state index contributed by atoms with van der Waals surface area (Å²) in [6.07, 6.45) is -3.67. The number of nitrogens with zero attached hydrogens (tertiary/aromatic N) is 1. The van der Waals surface area contributed by atoms with Crippen LogP contribution in [0.2, 0.25) is 0 Å². The van der Waals surface area contributed by atoms with Crippen LogP contribution in [0.25, 0.3) is 0 Å². The van der Waals surface area contributed by atoms with Gasteiger partial charge in [0.05, 0.1) is 36.5 Å². The monoisotopic (exact) mass is 372 g/mol.